The van der Waals surface area contributed by atoms with E-state index >= 15 is 0 Å². The number of phenols is 2. The zero-order chi connectivity index (χ0) is 15.4. The molecule has 0 radical (unpaired) electrons. The molecule has 1 heterocycles. The Bertz CT molecular complexity index is 730. The maximum Gasteiger partial charge on any atom is 0.229 e. The highest BCUT2D eigenvalue weighted by Gasteiger charge is 2.02. The van der Waals surface area contributed by atoms with Crippen LogP contribution in [0.5, 0.6) is 11.5 Å². The van der Waals surface area contributed by atoms with Gasteiger partial charge in [0.15, 0.2) is 0 Å². The summed E-state index contributed by atoms with van der Waals surface area (Å²) in [5.74, 6) is 1.33. The minimum absolute atomic E-state index is 0.166. The number of hydrogen-bond donors (Lipinski definition) is 4. The lowest BCUT2D eigenvalue weighted by Gasteiger charge is -2.08. The van der Waals surface area contributed by atoms with E-state index in [0.717, 1.165) is 5.69 Å². The number of aromatic hydroxyl groups is 2. The molecule has 0 fully saturated rings. The van der Waals surface area contributed by atoms with E-state index in [1.807, 2.05) is 6.07 Å². The standard InChI is InChI=1S/C16H14N4O2/c21-13-5-1-3-11(9-13)18-15-7-8-17-16(20-15)19-12-4-2-6-14(22)10-12/h1-10,21-22H,(H2,17,18,19,20). The molecule has 0 spiro atoms. The van der Waals surface area contributed by atoms with Crippen molar-refractivity contribution < 1.29 is 10.2 Å². The first-order valence-electron chi connectivity index (χ1n) is 6.64. The second-order valence-corrected chi connectivity index (χ2v) is 4.62. The van der Waals surface area contributed by atoms with Gasteiger partial charge in [-0.15, -0.1) is 0 Å². The van der Waals surface area contributed by atoms with Crippen molar-refractivity contribution in [2.45, 2.75) is 0 Å². The largest absolute Gasteiger partial charge is 0.508 e. The van der Waals surface area contributed by atoms with Gasteiger partial charge < -0.3 is 20.8 Å². The van der Waals surface area contributed by atoms with E-state index in [-0.39, 0.29) is 11.5 Å². The van der Waals surface area contributed by atoms with Crippen LogP contribution in [0.25, 0.3) is 0 Å². The smallest absolute Gasteiger partial charge is 0.229 e. The Labute approximate surface area is 127 Å². The molecule has 0 unspecified atom stereocenters. The fourth-order valence-corrected chi connectivity index (χ4v) is 1.93. The normalized spacial score (nSPS) is 10.2. The van der Waals surface area contributed by atoms with Crippen molar-refractivity contribution in [1.82, 2.24) is 9.97 Å². The lowest BCUT2D eigenvalue weighted by molar-refractivity contribution is 0.475. The molecule has 110 valence electrons. The van der Waals surface area contributed by atoms with E-state index in [1.54, 1.807) is 54.7 Å². The van der Waals surface area contributed by atoms with Crippen molar-refractivity contribution in [1.29, 1.82) is 0 Å². The van der Waals surface area contributed by atoms with Gasteiger partial charge in [-0.2, -0.15) is 4.98 Å². The van der Waals surface area contributed by atoms with E-state index in [4.69, 9.17) is 0 Å². The van der Waals surface area contributed by atoms with Gasteiger partial charge in [0.1, 0.15) is 17.3 Å². The Morgan fingerprint density at radius 3 is 2.05 bits per heavy atom. The molecule has 0 amide bonds. The molecule has 0 aliphatic heterocycles. The lowest BCUT2D eigenvalue weighted by atomic mass is 10.3. The van der Waals surface area contributed by atoms with Crippen molar-refractivity contribution in [3.8, 4) is 11.5 Å². The lowest BCUT2D eigenvalue weighted by Crippen LogP contribution is -2.00. The van der Waals surface area contributed by atoms with Crippen molar-refractivity contribution in [3.63, 3.8) is 0 Å². The van der Waals surface area contributed by atoms with Gasteiger partial charge >= 0.3 is 0 Å². The molecule has 0 bridgehead atoms. The van der Waals surface area contributed by atoms with E-state index < -0.39 is 0 Å². The molecule has 22 heavy (non-hydrogen) atoms. The molecule has 0 saturated carbocycles. The van der Waals surface area contributed by atoms with Crippen LogP contribution in [-0.2, 0) is 0 Å². The third kappa shape index (κ3) is 3.43. The predicted octanol–water partition coefficient (Wildman–Crippen LogP) is 3.38. The average molecular weight is 294 g/mol. The summed E-state index contributed by atoms with van der Waals surface area (Å²) in [6.45, 7) is 0. The second kappa shape index (κ2) is 6.01. The monoisotopic (exact) mass is 294 g/mol. The topological polar surface area (TPSA) is 90.3 Å². The van der Waals surface area contributed by atoms with Crippen molar-refractivity contribution in [2.75, 3.05) is 10.6 Å². The number of hydrogen-bond acceptors (Lipinski definition) is 6. The molecule has 6 nitrogen and oxygen atoms in total. The van der Waals surface area contributed by atoms with Crippen LogP contribution in [0.2, 0.25) is 0 Å². The first kappa shape index (κ1) is 13.7. The maximum atomic E-state index is 9.46. The molecular weight excluding hydrogens is 280 g/mol. The highest BCUT2D eigenvalue weighted by atomic mass is 16.3. The highest BCUT2D eigenvalue weighted by molar-refractivity contribution is 5.61. The van der Waals surface area contributed by atoms with Crippen molar-refractivity contribution >= 4 is 23.1 Å². The van der Waals surface area contributed by atoms with E-state index in [1.165, 1.54) is 0 Å². The van der Waals surface area contributed by atoms with Crippen LogP contribution in [0.3, 0.4) is 0 Å². The number of nitrogens with one attached hydrogen (secondary N) is 2. The molecule has 3 aromatic rings. The molecule has 2 aromatic carbocycles. The maximum absolute atomic E-state index is 9.46. The van der Waals surface area contributed by atoms with Gasteiger partial charge in [-0.05, 0) is 30.3 Å². The molecule has 0 aliphatic rings. The first-order valence-corrected chi connectivity index (χ1v) is 6.64. The summed E-state index contributed by atoms with van der Waals surface area (Å²) in [6, 6.07) is 15.2. The van der Waals surface area contributed by atoms with Gasteiger partial charge in [0, 0.05) is 29.7 Å². The van der Waals surface area contributed by atoms with Crippen LogP contribution in [0.4, 0.5) is 23.1 Å². The molecule has 1 aromatic heterocycles. The molecule has 6 heteroatoms. The Balaban J connectivity index is 1.78. The number of rotatable bonds is 4. The Morgan fingerprint density at radius 2 is 1.41 bits per heavy atom. The zero-order valence-electron chi connectivity index (χ0n) is 11.6. The van der Waals surface area contributed by atoms with Crippen LogP contribution in [0, 0.1) is 0 Å². The fraction of sp³-hybridized carbons (Fsp3) is 0. The van der Waals surface area contributed by atoms with Gasteiger partial charge in [0.05, 0.1) is 0 Å². The Morgan fingerprint density at radius 1 is 0.773 bits per heavy atom. The van der Waals surface area contributed by atoms with Gasteiger partial charge in [-0.1, -0.05) is 12.1 Å². The van der Waals surface area contributed by atoms with Gasteiger partial charge in [-0.25, -0.2) is 4.98 Å². The van der Waals surface area contributed by atoms with E-state index in [2.05, 4.69) is 20.6 Å². The summed E-state index contributed by atoms with van der Waals surface area (Å²) in [6.07, 6.45) is 1.61. The van der Waals surface area contributed by atoms with Crippen LogP contribution in [-0.4, -0.2) is 20.2 Å². The first-order chi connectivity index (χ1) is 10.7. The van der Waals surface area contributed by atoms with E-state index in [0.29, 0.717) is 17.5 Å². The number of benzene rings is 2. The molecule has 3 rings (SSSR count). The van der Waals surface area contributed by atoms with Crippen LogP contribution in [0.15, 0.2) is 60.8 Å². The second-order valence-electron chi connectivity index (χ2n) is 4.62. The number of anilines is 4. The fourth-order valence-electron chi connectivity index (χ4n) is 1.93. The van der Waals surface area contributed by atoms with E-state index in [9.17, 15) is 10.2 Å². The van der Waals surface area contributed by atoms with Gasteiger partial charge in [0.2, 0.25) is 5.95 Å². The number of aromatic nitrogens is 2. The van der Waals surface area contributed by atoms with Crippen molar-refractivity contribution in [3.05, 3.63) is 60.8 Å². The highest BCUT2D eigenvalue weighted by Crippen LogP contribution is 2.21. The van der Waals surface area contributed by atoms with Crippen LogP contribution in [0.1, 0.15) is 0 Å². The Kier molecular flexibility index (Phi) is 3.74. The molecule has 0 atom stereocenters. The SMILES string of the molecule is Oc1cccc(Nc2ccnc(Nc3cccc(O)c3)n2)c1. The summed E-state index contributed by atoms with van der Waals surface area (Å²) in [5.41, 5.74) is 1.41. The summed E-state index contributed by atoms with van der Waals surface area (Å²) in [7, 11) is 0. The van der Waals surface area contributed by atoms with Crippen LogP contribution < -0.4 is 10.6 Å². The summed E-state index contributed by atoms with van der Waals surface area (Å²) >= 11 is 0. The number of nitrogens with zero attached hydrogens (tertiary/aromatic N) is 2. The van der Waals surface area contributed by atoms with Crippen LogP contribution >= 0.6 is 0 Å². The number of phenolic OH excluding ortho intramolecular Hbond substituents is 2. The minimum atomic E-state index is 0.166. The summed E-state index contributed by atoms with van der Waals surface area (Å²) in [5, 5.41) is 25.0. The molecule has 0 aliphatic carbocycles. The van der Waals surface area contributed by atoms with Gasteiger partial charge in [0.25, 0.3) is 0 Å². The average Bonchev–Trinajstić information content (AvgIpc) is 2.47. The minimum Gasteiger partial charge on any atom is -0.508 e. The zero-order valence-corrected chi connectivity index (χ0v) is 11.6. The Hall–Kier alpha value is -3.28. The predicted molar refractivity (Wildman–Crippen MR) is 84.8 cm³/mol. The summed E-state index contributed by atoms with van der Waals surface area (Å²) < 4.78 is 0. The molecule has 0 saturated heterocycles. The van der Waals surface area contributed by atoms with Gasteiger partial charge in [-0.3, -0.25) is 0 Å². The third-order valence-corrected chi connectivity index (χ3v) is 2.88. The quantitative estimate of drug-likeness (QED) is 0.590. The molecular formula is C16H14N4O2. The van der Waals surface area contributed by atoms with Crippen molar-refractivity contribution in [2.24, 2.45) is 0 Å². The molecule has 4 N–H and O–H groups in total. The summed E-state index contributed by atoms with van der Waals surface area (Å²) in [4.78, 5) is 8.46. The third-order valence-electron chi connectivity index (χ3n) is 2.88.